The van der Waals surface area contributed by atoms with Gasteiger partial charge in [-0.25, -0.2) is 4.39 Å². The quantitative estimate of drug-likeness (QED) is 0.770. The van der Waals surface area contributed by atoms with Crippen LogP contribution in [0.1, 0.15) is 39.7 Å². The van der Waals surface area contributed by atoms with Gasteiger partial charge >= 0.3 is 0 Å². The summed E-state index contributed by atoms with van der Waals surface area (Å²) >= 11 is 0. The van der Waals surface area contributed by atoms with E-state index in [-0.39, 0.29) is 11.6 Å². The van der Waals surface area contributed by atoms with E-state index in [0.29, 0.717) is 34.4 Å². The van der Waals surface area contributed by atoms with Gasteiger partial charge in [0.05, 0.1) is 11.8 Å². The van der Waals surface area contributed by atoms with E-state index < -0.39 is 0 Å². The Kier molecular flexibility index (Phi) is 3.32. The molecule has 1 aromatic heterocycles. The van der Waals surface area contributed by atoms with Gasteiger partial charge < -0.3 is 4.42 Å². The monoisotopic (exact) mass is 246 g/mol. The molecule has 3 heteroatoms. The molecule has 0 spiro atoms. The maximum atomic E-state index is 13.5. The maximum Gasteiger partial charge on any atom is 0.196 e. The van der Waals surface area contributed by atoms with Gasteiger partial charge in [0, 0.05) is 12.0 Å². The lowest BCUT2D eigenvalue weighted by molar-refractivity contribution is 0.103. The van der Waals surface area contributed by atoms with Crippen molar-refractivity contribution in [3.8, 4) is 0 Å². The molecule has 0 amide bonds. The summed E-state index contributed by atoms with van der Waals surface area (Å²) in [6, 6.07) is 4.82. The highest BCUT2D eigenvalue weighted by Crippen LogP contribution is 2.20. The van der Waals surface area contributed by atoms with Gasteiger partial charge in [0.25, 0.3) is 0 Å². The van der Waals surface area contributed by atoms with E-state index >= 15 is 0 Å². The Hall–Kier alpha value is -1.90. The largest absolute Gasteiger partial charge is 0.469 e. The van der Waals surface area contributed by atoms with Crippen molar-refractivity contribution in [1.29, 1.82) is 0 Å². The normalized spacial score (nSPS) is 10.7. The Bertz CT molecular complexity index is 573. The molecule has 0 N–H and O–H groups in total. The van der Waals surface area contributed by atoms with E-state index in [9.17, 15) is 9.18 Å². The molecule has 0 bridgehead atoms. The van der Waals surface area contributed by atoms with Gasteiger partial charge in [0.2, 0.25) is 0 Å². The minimum Gasteiger partial charge on any atom is -0.469 e. The molecule has 0 aliphatic rings. The third kappa shape index (κ3) is 2.08. The van der Waals surface area contributed by atoms with Crippen molar-refractivity contribution in [3.05, 3.63) is 58.3 Å². The predicted molar refractivity (Wildman–Crippen MR) is 67.4 cm³/mol. The Balaban J connectivity index is 2.47. The molecule has 18 heavy (non-hydrogen) atoms. The van der Waals surface area contributed by atoms with Crippen LogP contribution in [0.3, 0.4) is 0 Å². The molecule has 0 radical (unpaired) electrons. The van der Waals surface area contributed by atoms with Crippen LogP contribution in [0.25, 0.3) is 0 Å². The molecule has 0 aliphatic heterocycles. The van der Waals surface area contributed by atoms with Crippen LogP contribution < -0.4 is 0 Å². The first-order valence-corrected chi connectivity index (χ1v) is 5.92. The third-order valence-electron chi connectivity index (χ3n) is 3.01. The first-order chi connectivity index (χ1) is 8.54. The molecule has 0 aliphatic carbocycles. The number of hydrogen-bond donors (Lipinski definition) is 0. The topological polar surface area (TPSA) is 30.2 Å². The molecular formula is C15H15FO2. The van der Waals surface area contributed by atoms with Crippen molar-refractivity contribution in [2.75, 3.05) is 0 Å². The molecular weight excluding hydrogens is 231 g/mol. The molecule has 0 saturated carbocycles. The zero-order valence-electron chi connectivity index (χ0n) is 10.7. The smallest absolute Gasteiger partial charge is 0.196 e. The van der Waals surface area contributed by atoms with E-state index in [0.717, 1.165) is 0 Å². The number of furan rings is 1. The SMILES string of the molecule is CCc1occc1C(=O)c1cc(C)c(F)c(C)c1. The standard InChI is InChI=1S/C15H15FO2/c1-4-13-12(5-6-18-13)15(17)11-7-9(2)14(16)10(3)8-11/h5-8H,4H2,1-3H3. The predicted octanol–water partition coefficient (Wildman–Crippen LogP) is 3.83. The first kappa shape index (κ1) is 12.6. The molecule has 1 heterocycles. The molecule has 2 rings (SSSR count). The van der Waals surface area contributed by atoms with Crippen LogP contribution in [-0.2, 0) is 6.42 Å². The van der Waals surface area contributed by atoms with E-state index in [1.54, 1.807) is 32.0 Å². The first-order valence-electron chi connectivity index (χ1n) is 5.92. The molecule has 2 nitrogen and oxygen atoms in total. The third-order valence-corrected chi connectivity index (χ3v) is 3.01. The molecule has 0 fully saturated rings. The van der Waals surface area contributed by atoms with Crippen molar-refractivity contribution >= 4 is 5.78 Å². The van der Waals surface area contributed by atoms with Gasteiger partial charge in [0.15, 0.2) is 5.78 Å². The van der Waals surface area contributed by atoms with E-state index in [1.165, 1.54) is 6.26 Å². The summed E-state index contributed by atoms with van der Waals surface area (Å²) in [6.07, 6.45) is 2.17. The van der Waals surface area contributed by atoms with Crippen LogP contribution in [0.4, 0.5) is 4.39 Å². The molecule has 94 valence electrons. The van der Waals surface area contributed by atoms with Crippen LogP contribution >= 0.6 is 0 Å². The molecule has 0 atom stereocenters. The lowest BCUT2D eigenvalue weighted by atomic mass is 9.99. The zero-order valence-corrected chi connectivity index (χ0v) is 10.7. The average molecular weight is 246 g/mol. The molecule has 2 aromatic rings. The Morgan fingerprint density at radius 3 is 2.44 bits per heavy atom. The number of carbonyl (C=O) groups excluding carboxylic acids is 1. The van der Waals surface area contributed by atoms with E-state index in [4.69, 9.17) is 4.42 Å². The summed E-state index contributed by atoms with van der Waals surface area (Å²) in [5, 5.41) is 0. The van der Waals surface area contributed by atoms with E-state index in [2.05, 4.69) is 0 Å². The van der Waals surface area contributed by atoms with Crippen molar-refractivity contribution in [1.82, 2.24) is 0 Å². The van der Waals surface area contributed by atoms with Crippen LogP contribution in [0.15, 0.2) is 28.9 Å². The second-order valence-electron chi connectivity index (χ2n) is 4.36. The summed E-state index contributed by atoms with van der Waals surface area (Å²) in [4.78, 5) is 12.3. The number of benzene rings is 1. The lowest BCUT2D eigenvalue weighted by Gasteiger charge is -2.06. The van der Waals surface area contributed by atoms with Gasteiger partial charge in [-0.1, -0.05) is 6.92 Å². The number of aryl methyl sites for hydroxylation is 3. The summed E-state index contributed by atoms with van der Waals surface area (Å²) in [7, 11) is 0. The number of rotatable bonds is 3. The second kappa shape index (κ2) is 4.77. The van der Waals surface area contributed by atoms with Crippen molar-refractivity contribution in [2.45, 2.75) is 27.2 Å². The Morgan fingerprint density at radius 1 is 1.28 bits per heavy atom. The number of ketones is 1. The number of carbonyl (C=O) groups is 1. The van der Waals surface area contributed by atoms with Crippen LogP contribution in [0, 0.1) is 19.7 Å². The molecule has 0 saturated heterocycles. The zero-order chi connectivity index (χ0) is 13.3. The minimum atomic E-state index is -0.255. The van der Waals surface area contributed by atoms with Crippen LogP contribution in [-0.4, -0.2) is 5.78 Å². The molecule has 0 unspecified atom stereocenters. The van der Waals surface area contributed by atoms with Crippen molar-refractivity contribution in [3.63, 3.8) is 0 Å². The van der Waals surface area contributed by atoms with Gasteiger partial charge in [-0.2, -0.15) is 0 Å². The summed E-state index contributed by atoms with van der Waals surface area (Å²) in [5.41, 5.74) is 2.03. The minimum absolute atomic E-state index is 0.119. The van der Waals surface area contributed by atoms with Crippen LogP contribution in [0.5, 0.6) is 0 Å². The van der Waals surface area contributed by atoms with Gasteiger partial charge in [-0.3, -0.25) is 4.79 Å². The number of halogens is 1. The lowest BCUT2D eigenvalue weighted by Crippen LogP contribution is -2.05. The van der Waals surface area contributed by atoms with Crippen molar-refractivity contribution in [2.24, 2.45) is 0 Å². The van der Waals surface area contributed by atoms with Crippen molar-refractivity contribution < 1.29 is 13.6 Å². The van der Waals surface area contributed by atoms with Gasteiger partial charge in [-0.15, -0.1) is 0 Å². The number of hydrogen-bond acceptors (Lipinski definition) is 2. The summed E-state index contributed by atoms with van der Waals surface area (Å²) in [5.74, 6) is 0.292. The fraction of sp³-hybridized carbons (Fsp3) is 0.267. The second-order valence-corrected chi connectivity index (χ2v) is 4.36. The highest BCUT2D eigenvalue weighted by Gasteiger charge is 2.17. The van der Waals surface area contributed by atoms with Crippen LogP contribution in [0.2, 0.25) is 0 Å². The summed E-state index contributed by atoms with van der Waals surface area (Å²) in [6.45, 7) is 5.25. The average Bonchev–Trinajstić information content (AvgIpc) is 2.82. The highest BCUT2D eigenvalue weighted by atomic mass is 19.1. The fourth-order valence-corrected chi connectivity index (χ4v) is 2.05. The Morgan fingerprint density at radius 2 is 1.89 bits per heavy atom. The Labute approximate surface area is 105 Å². The maximum absolute atomic E-state index is 13.5. The van der Waals surface area contributed by atoms with Gasteiger partial charge in [-0.05, 0) is 43.2 Å². The molecule has 1 aromatic carbocycles. The van der Waals surface area contributed by atoms with Gasteiger partial charge in [0.1, 0.15) is 11.6 Å². The fourth-order valence-electron chi connectivity index (χ4n) is 2.05. The highest BCUT2D eigenvalue weighted by molar-refractivity contribution is 6.09. The van der Waals surface area contributed by atoms with E-state index in [1.807, 2.05) is 6.92 Å². The summed E-state index contributed by atoms with van der Waals surface area (Å²) < 4.78 is 18.8.